The minimum absolute atomic E-state index is 0.0417. The summed E-state index contributed by atoms with van der Waals surface area (Å²) >= 11 is 6.03. The number of aromatic nitrogens is 2. The van der Waals surface area contributed by atoms with E-state index < -0.39 is 0 Å². The first-order chi connectivity index (χ1) is 16.9. The Morgan fingerprint density at radius 2 is 1.86 bits per heavy atom. The first-order valence-electron chi connectivity index (χ1n) is 12.5. The molecule has 2 fully saturated rings. The summed E-state index contributed by atoms with van der Waals surface area (Å²) in [4.78, 5) is 30.4. The summed E-state index contributed by atoms with van der Waals surface area (Å²) in [5.41, 5.74) is 1.52. The standard InChI is InChI=1S/C26H35ClN4O4/c1-4-31-23(16-22(28-31)18(2)3)26(33)30-10-9-24(35-21-7-5-20(27)6-8-21)19(17-30)15-25(32)29-11-13-34-14-12-29/h5-8,16,18-19,24H,4,9-15,17H2,1-3H3/t19-,24-/m0/s1. The molecule has 2 saturated heterocycles. The molecule has 0 unspecified atom stereocenters. The fourth-order valence-corrected chi connectivity index (χ4v) is 4.82. The molecule has 0 N–H and O–H groups in total. The van der Waals surface area contributed by atoms with Gasteiger partial charge in [0.1, 0.15) is 17.5 Å². The number of amides is 2. The van der Waals surface area contributed by atoms with Gasteiger partial charge in [0.05, 0.1) is 18.9 Å². The van der Waals surface area contributed by atoms with Gasteiger partial charge < -0.3 is 19.3 Å². The van der Waals surface area contributed by atoms with E-state index >= 15 is 0 Å². The quantitative estimate of drug-likeness (QED) is 0.575. The van der Waals surface area contributed by atoms with Gasteiger partial charge in [-0.25, -0.2) is 0 Å². The van der Waals surface area contributed by atoms with Crippen molar-refractivity contribution in [1.29, 1.82) is 0 Å². The van der Waals surface area contributed by atoms with Crippen LogP contribution in [0.5, 0.6) is 5.75 Å². The molecule has 35 heavy (non-hydrogen) atoms. The summed E-state index contributed by atoms with van der Waals surface area (Å²) in [5.74, 6) is 0.875. The maximum atomic E-state index is 13.5. The van der Waals surface area contributed by atoms with Crippen LogP contribution in [0, 0.1) is 5.92 Å². The number of carbonyl (C=O) groups is 2. The number of morpholine rings is 1. The summed E-state index contributed by atoms with van der Waals surface area (Å²) in [6.45, 7) is 10.1. The lowest BCUT2D eigenvalue weighted by Crippen LogP contribution is -2.50. The number of aryl methyl sites for hydroxylation is 1. The van der Waals surface area contributed by atoms with Gasteiger partial charge in [0.25, 0.3) is 5.91 Å². The van der Waals surface area contributed by atoms with Crippen LogP contribution in [0.1, 0.15) is 55.7 Å². The predicted octanol–water partition coefficient (Wildman–Crippen LogP) is 3.84. The molecular formula is C26H35ClN4O4. The van der Waals surface area contributed by atoms with Crippen molar-refractivity contribution in [2.24, 2.45) is 5.92 Å². The van der Waals surface area contributed by atoms with Crippen molar-refractivity contribution in [3.8, 4) is 5.75 Å². The van der Waals surface area contributed by atoms with E-state index in [4.69, 9.17) is 21.1 Å². The van der Waals surface area contributed by atoms with Gasteiger partial charge in [0.2, 0.25) is 5.91 Å². The van der Waals surface area contributed by atoms with Gasteiger partial charge in [-0.15, -0.1) is 0 Å². The van der Waals surface area contributed by atoms with E-state index in [1.54, 1.807) is 16.8 Å². The molecule has 2 aliphatic heterocycles. The van der Waals surface area contributed by atoms with Crippen molar-refractivity contribution in [2.45, 2.75) is 52.2 Å². The van der Waals surface area contributed by atoms with E-state index in [9.17, 15) is 9.59 Å². The van der Waals surface area contributed by atoms with Gasteiger partial charge in [0.15, 0.2) is 0 Å². The topological polar surface area (TPSA) is 76.9 Å². The Kier molecular flexibility index (Phi) is 8.34. The van der Waals surface area contributed by atoms with Crippen LogP contribution in [0.15, 0.2) is 30.3 Å². The second kappa shape index (κ2) is 11.4. The zero-order chi connectivity index (χ0) is 24.9. The SMILES string of the molecule is CCn1nc(C(C)C)cc1C(=O)N1CC[C@H](Oc2ccc(Cl)cc2)[C@@H](CC(=O)N2CCOCC2)C1. The Morgan fingerprint density at radius 3 is 2.51 bits per heavy atom. The smallest absolute Gasteiger partial charge is 0.272 e. The number of ether oxygens (including phenoxy) is 2. The lowest BCUT2D eigenvalue weighted by molar-refractivity contribution is -0.137. The van der Waals surface area contributed by atoms with Crippen molar-refractivity contribution in [3.63, 3.8) is 0 Å². The summed E-state index contributed by atoms with van der Waals surface area (Å²) in [7, 11) is 0. The lowest BCUT2D eigenvalue weighted by atomic mass is 9.90. The van der Waals surface area contributed by atoms with Crippen molar-refractivity contribution in [2.75, 3.05) is 39.4 Å². The largest absolute Gasteiger partial charge is 0.490 e. The van der Waals surface area contributed by atoms with Gasteiger partial charge in [-0.2, -0.15) is 5.10 Å². The highest BCUT2D eigenvalue weighted by molar-refractivity contribution is 6.30. The molecule has 2 atom stereocenters. The van der Waals surface area contributed by atoms with Crippen LogP contribution in [0.4, 0.5) is 0 Å². The van der Waals surface area contributed by atoms with E-state index in [-0.39, 0.29) is 29.8 Å². The Morgan fingerprint density at radius 1 is 1.14 bits per heavy atom. The fraction of sp³-hybridized carbons (Fsp3) is 0.577. The van der Waals surface area contributed by atoms with E-state index in [1.807, 2.05) is 34.9 Å². The molecule has 9 heteroatoms. The highest BCUT2D eigenvalue weighted by atomic mass is 35.5. The zero-order valence-electron chi connectivity index (χ0n) is 20.8. The minimum atomic E-state index is -0.174. The monoisotopic (exact) mass is 502 g/mol. The maximum absolute atomic E-state index is 13.5. The summed E-state index contributed by atoms with van der Waals surface area (Å²) < 4.78 is 13.5. The van der Waals surface area contributed by atoms with Crippen LogP contribution >= 0.6 is 11.6 Å². The van der Waals surface area contributed by atoms with Crippen LogP contribution in [0.2, 0.25) is 5.02 Å². The number of hydrogen-bond donors (Lipinski definition) is 0. The number of hydrogen-bond acceptors (Lipinski definition) is 5. The average molecular weight is 503 g/mol. The van der Waals surface area contributed by atoms with Gasteiger partial charge in [0, 0.05) is 56.5 Å². The first-order valence-corrected chi connectivity index (χ1v) is 12.9. The van der Waals surface area contributed by atoms with Crippen molar-refractivity contribution in [3.05, 3.63) is 46.7 Å². The third-order valence-corrected chi connectivity index (χ3v) is 7.01. The number of piperidine rings is 1. The molecule has 1 aromatic heterocycles. The van der Waals surface area contributed by atoms with Crippen molar-refractivity contribution < 1.29 is 19.1 Å². The van der Waals surface area contributed by atoms with Crippen LogP contribution in [-0.2, 0) is 16.1 Å². The van der Waals surface area contributed by atoms with Crippen LogP contribution in [-0.4, -0.2) is 76.9 Å². The molecule has 4 rings (SSSR count). The normalized spacial score (nSPS) is 20.8. The molecule has 0 bridgehead atoms. The molecule has 0 aliphatic carbocycles. The fourth-order valence-electron chi connectivity index (χ4n) is 4.69. The highest BCUT2D eigenvalue weighted by Crippen LogP contribution is 2.28. The number of nitrogens with zero attached hydrogens (tertiary/aromatic N) is 4. The maximum Gasteiger partial charge on any atom is 0.272 e. The van der Waals surface area contributed by atoms with E-state index in [2.05, 4.69) is 18.9 Å². The van der Waals surface area contributed by atoms with Crippen molar-refractivity contribution >= 4 is 23.4 Å². The summed E-state index contributed by atoms with van der Waals surface area (Å²) in [6, 6.07) is 9.17. The van der Waals surface area contributed by atoms with Gasteiger partial charge in [-0.3, -0.25) is 14.3 Å². The summed E-state index contributed by atoms with van der Waals surface area (Å²) in [6.07, 6.45) is 0.798. The first kappa shape index (κ1) is 25.5. The van der Waals surface area contributed by atoms with Crippen LogP contribution in [0.25, 0.3) is 0 Å². The van der Waals surface area contributed by atoms with E-state index in [1.165, 1.54) is 0 Å². The molecule has 2 aliphatic rings. The number of likely N-dealkylation sites (tertiary alicyclic amines) is 1. The molecule has 190 valence electrons. The Bertz CT molecular complexity index is 1020. The second-order valence-corrected chi connectivity index (χ2v) is 9.97. The molecule has 3 heterocycles. The Labute approximate surface area is 212 Å². The highest BCUT2D eigenvalue weighted by Gasteiger charge is 2.36. The third kappa shape index (κ3) is 6.16. The molecule has 0 radical (unpaired) electrons. The van der Waals surface area contributed by atoms with E-state index in [0.29, 0.717) is 75.2 Å². The molecule has 0 saturated carbocycles. The summed E-state index contributed by atoms with van der Waals surface area (Å²) in [5, 5.41) is 5.26. The number of halogens is 1. The lowest BCUT2D eigenvalue weighted by Gasteiger charge is -2.39. The predicted molar refractivity (Wildman–Crippen MR) is 134 cm³/mol. The minimum Gasteiger partial charge on any atom is -0.490 e. The molecular weight excluding hydrogens is 468 g/mol. The number of carbonyl (C=O) groups excluding carboxylic acids is 2. The average Bonchev–Trinajstić information content (AvgIpc) is 3.31. The number of rotatable bonds is 7. The molecule has 8 nitrogen and oxygen atoms in total. The van der Waals surface area contributed by atoms with E-state index in [0.717, 1.165) is 5.69 Å². The molecule has 2 aromatic rings. The second-order valence-electron chi connectivity index (χ2n) is 9.53. The van der Waals surface area contributed by atoms with Crippen LogP contribution in [0.3, 0.4) is 0 Å². The van der Waals surface area contributed by atoms with Gasteiger partial charge in [-0.05, 0) is 43.2 Å². The third-order valence-electron chi connectivity index (χ3n) is 6.76. The van der Waals surface area contributed by atoms with Gasteiger partial charge in [-0.1, -0.05) is 25.4 Å². The Balaban J connectivity index is 1.52. The Hall–Kier alpha value is -2.58. The van der Waals surface area contributed by atoms with Crippen LogP contribution < -0.4 is 4.74 Å². The van der Waals surface area contributed by atoms with Gasteiger partial charge >= 0.3 is 0 Å². The van der Waals surface area contributed by atoms with Crippen molar-refractivity contribution in [1.82, 2.24) is 19.6 Å². The zero-order valence-corrected chi connectivity index (χ0v) is 21.5. The molecule has 0 spiro atoms. The number of benzene rings is 1. The molecule has 1 aromatic carbocycles. The molecule has 2 amide bonds.